The SMILES string of the molecule is CCCCOC(=O)c1ccc(NC(=O)C[C@H]2[NH2+][C@H]3CCCC[C@@H]3NC2=O)cc1. The number of unbranched alkanes of at least 4 members (excludes halogenated alkanes) is 1. The summed E-state index contributed by atoms with van der Waals surface area (Å²) in [6.07, 6.45) is 6.39. The van der Waals surface area contributed by atoms with Crippen LogP contribution in [0.2, 0.25) is 0 Å². The number of esters is 1. The third-order valence-electron chi connectivity index (χ3n) is 5.50. The van der Waals surface area contributed by atoms with Crippen molar-refractivity contribution >= 4 is 23.5 Å². The monoisotopic (exact) mass is 388 g/mol. The first-order valence-corrected chi connectivity index (χ1v) is 10.3. The summed E-state index contributed by atoms with van der Waals surface area (Å²) in [5, 5.41) is 7.95. The highest BCUT2D eigenvalue weighted by Crippen LogP contribution is 2.19. The summed E-state index contributed by atoms with van der Waals surface area (Å²) in [4.78, 5) is 36.6. The van der Waals surface area contributed by atoms with Gasteiger partial charge in [0.25, 0.3) is 5.91 Å². The van der Waals surface area contributed by atoms with Crippen LogP contribution < -0.4 is 16.0 Å². The molecule has 1 aliphatic carbocycles. The van der Waals surface area contributed by atoms with Crippen LogP contribution in [0.1, 0.15) is 62.2 Å². The smallest absolute Gasteiger partial charge is 0.338 e. The maximum absolute atomic E-state index is 12.4. The summed E-state index contributed by atoms with van der Waals surface area (Å²) in [6.45, 7) is 2.45. The van der Waals surface area contributed by atoms with Gasteiger partial charge in [-0.1, -0.05) is 19.8 Å². The Morgan fingerprint density at radius 2 is 1.96 bits per heavy atom. The van der Waals surface area contributed by atoms with Crippen molar-refractivity contribution in [3.63, 3.8) is 0 Å². The molecule has 0 aromatic heterocycles. The first-order chi connectivity index (χ1) is 13.6. The summed E-state index contributed by atoms with van der Waals surface area (Å²) in [7, 11) is 0. The third kappa shape index (κ3) is 5.32. The van der Waals surface area contributed by atoms with E-state index >= 15 is 0 Å². The van der Waals surface area contributed by atoms with Crippen LogP contribution in [0.25, 0.3) is 0 Å². The molecule has 4 N–H and O–H groups in total. The lowest BCUT2D eigenvalue weighted by Crippen LogP contribution is -3.03. The highest BCUT2D eigenvalue weighted by atomic mass is 16.5. The molecule has 28 heavy (non-hydrogen) atoms. The lowest BCUT2D eigenvalue weighted by atomic mass is 9.87. The molecule has 1 heterocycles. The Bertz CT molecular complexity index is 704. The molecule has 152 valence electrons. The van der Waals surface area contributed by atoms with E-state index in [1.807, 2.05) is 6.92 Å². The van der Waals surface area contributed by atoms with Gasteiger partial charge in [-0.2, -0.15) is 0 Å². The van der Waals surface area contributed by atoms with Crippen LogP contribution >= 0.6 is 0 Å². The van der Waals surface area contributed by atoms with Crippen LogP contribution in [0.15, 0.2) is 24.3 Å². The number of nitrogens with one attached hydrogen (secondary N) is 2. The fraction of sp³-hybridized carbons (Fsp3) is 0.571. The molecular formula is C21H30N3O4+. The number of carbonyl (C=O) groups is 3. The van der Waals surface area contributed by atoms with Crippen molar-refractivity contribution in [1.29, 1.82) is 0 Å². The van der Waals surface area contributed by atoms with Crippen molar-refractivity contribution in [2.24, 2.45) is 0 Å². The largest absolute Gasteiger partial charge is 0.462 e. The average molecular weight is 388 g/mol. The Morgan fingerprint density at radius 3 is 2.71 bits per heavy atom. The minimum atomic E-state index is -0.382. The zero-order chi connectivity index (χ0) is 19.9. The number of hydrogen-bond acceptors (Lipinski definition) is 4. The molecule has 1 aliphatic heterocycles. The number of benzene rings is 1. The van der Waals surface area contributed by atoms with Crippen LogP contribution in [0.5, 0.6) is 0 Å². The van der Waals surface area contributed by atoms with E-state index in [-0.39, 0.29) is 36.3 Å². The number of ether oxygens (including phenoxy) is 1. The zero-order valence-corrected chi connectivity index (χ0v) is 16.4. The molecule has 7 nitrogen and oxygen atoms in total. The molecule has 0 bridgehead atoms. The Kier molecular flexibility index (Phi) is 7.03. The number of nitrogens with two attached hydrogens (primary N) is 1. The maximum Gasteiger partial charge on any atom is 0.338 e. The first kappa shape index (κ1) is 20.3. The van der Waals surface area contributed by atoms with Gasteiger partial charge < -0.3 is 20.7 Å². The van der Waals surface area contributed by atoms with Crippen LogP contribution in [-0.2, 0) is 14.3 Å². The van der Waals surface area contributed by atoms with E-state index in [0.29, 0.717) is 23.9 Å². The normalized spacial score (nSPS) is 24.0. The minimum Gasteiger partial charge on any atom is -0.462 e. The number of carbonyl (C=O) groups excluding carboxylic acids is 3. The first-order valence-electron chi connectivity index (χ1n) is 10.3. The van der Waals surface area contributed by atoms with Crippen molar-refractivity contribution in [3.05, 3.63) is 29.8 Å². The summed E-state index contributed by atoms with van der Waals surface area (Å²) in [6, 6.07) is 6.86. The van der Waals surface area contributed by atoms with E-state index in [0.717, 1.165) is 32.1 Å². The maximum atomic E-state index is 12.4. The summed E-state index contributed by atoms with van der Waals surface area (Å²) in [5.41, 5.74) is 1.05. The second-order valence-corrected chi connectivity index (χ2v) is 7.68. The number of piperazine rings is 1. The predicted octanol–water partition coefficient (Wildman–Crippen LogP) is 1.35. The molecular weight excluding hydrogens is 358 g/mol. The summed E-state index contributed by atoms with van der Waals surface area (Å²) < 4.78 is 5.17. The van der Waals surface area contributed by atoms with E-state index in [1.54, 1.807) is 24.3 Å². The topological polar surface area (TPSA) is 101 Å². The van der Waals surface area contributed by atoms with Gasteiger partial charge in [0.05, 0.1) is 24.6 Å². The quantitative estimate of drug-likeness (QED) is 0.485. The van der Waals surface area contributed by atoms with Gasteiger partial charge in [0.1, 0.15) is 6.04 Å². The van der Waals surface area contributed by atoms with E-state index < -0.39 is 0 Å². The molecule has 3 atom stereocenters. The van der Waals surface area contributed by atoms with Crippen molar-refractivity contribution in [1.82, 2.24) is 5.32 Å². The van der Waals surface area contributed by atoms with Gasteiger partial charge in [-0.15, -0.1) is 0 Å². The number of fused-ring (bicyclic) bond motifs is 1. The molecule has 7 heteroatoms. The van der Waals surface area contributed by atoms with E-state index in [9.17, 15) is 14.4 Å². The highest BCUT2D eigenvalue weighted by Gasteiger charge is 2.40. The fourth-order valence-electron chi connectivity index (χ4n) is 3.90. The van der Waals surface area contributed by atoms with Gasteiger partial charge in [-0.3, -0.25) is 9.59 Å². The number of quaternary nitrogens is 1. The molecule has 0 spiro atoms. The Labute approximate surface area is 165 Å². The fourth-order valence-corrected chi connectivity index (χ4v) is 3.90. The highest BCUT2D eigenvalue weighted by molar-refractivity contribution is 5.96. The van der Waals surface area contributed by atoms with Gasteiger partial charge in [0, 0.05) is 12.1 Å². The van der Waals surface area contributed by atoms with Crippen molar-refractivity contribution in [2.75, 3.05) is 11.9 Å². The molecule has 1 saturated carbocycles. The predicted molar refractivity (Wildman–Crippen MR) is 105 cm³/mol. The zero-order valence-electron chi connectivity index (χ0n) is 16.4. The molecule has 2 amide bonds. The number of anilines is 1. The molecule has 3 rings (SSSR count). The van der Waals surface area contributed by atoms with E-state index in [4.69, 9.17) is 4.74 Å². The Morgan fingerprint density at radius 1 is 1.21 bits per heavy atom. The van der Waals surface area contributed by atoms with Crippen LogP contribution in [-0.4, -0.2) is 42.5 Å². The lowest BCUT2D eigenvalue weighted by molar-refractivity contribution is -0.718. The number of rotatable bonds is 7. The van der Waals surface area contributed by atoms with Crippen LogP contribution in [0, 0.1) is 0 Å². The summed E-state index contributed by atoms with van der Waals surface area (Å²) in [5.74, 6) is -0.616. The Balaban J connectivity index is 1.49. The second kappa shape index (κ2) is 9.68. The molecule has 1 saturated heterocycles. The molecule has 0 unspecified atom stereocenters. The number of hydrogen-bond donors (Lipinski definition) is 3. The van der Waals surface area contributed by atoms with E-state index in [2.05, 4.69) is 16.0 Å². The molecule has 2 aliphatic rings. The van der Waals surface area contributed by atoms with Gasteiger partial charge in [-0.05, 0) is 43.5 Å². The standard InChI is InChI=1S/C21H29N3O4/c1-2-3-12-28-21(27)14-8-10-15(11-9-14)22-19(25)13-18-20(26)24-17-7-5-4-6-16(17)23-18/h8-11,16-18,23H,2-7,12-13H2,1H3,(H,22,25)(H,24,26)/p+1/t16-,17-,18+/m0/s1. The summed E-state index contributed by atoms with van der Waals surface area (Å²) >= 11 is 0. The van der Waals surface area contributed by atoms with E-state index in [1.165, 1.54) is 6.42 Å². The molecule has 0 radical (unpaired) electrons. The molecule has 1 aromatic carbocycles. The average Bonchev–Trinajstić information content (AvgIpc) is 2.69. The minimum absolute atomic E-state index is 0.0523. The lowest BCUT2D eigenvalue weighted by Gasteiger charge is -2.37. The second-order valence-electron chi connectivity index (χ2n) is 7.68. The van der Waals surface area contributed by atoms with Crippen molar-refractivity contribution < 1.29 is 24.4 Å². The van der Waals surface area contributed by atoms with Gasteiger partial charge >= 0.3 is 5.97 Å². The molecule has 2 fully saturated rings. The van der Waals surface area contributed by atoms with Gasteiger partial charge in [0.2, 0.25) is 5.91 Å². The third-order valence-corrected chi connectivity index (χ3v) is 5.50. The molecule has 1 aromatic rings. The van der Waals surface area contributed by atoms with Crippen LogP contribution in [0.3, 0.4) is 0 Å². The van der Waals surface area contributed by atoms with Crippen LogP contribution in [0.4, 0.5) is 5.69 Å². The van der Waals surface area contributed by atoms with Crippen molar-refractivity contribution in [3.8, 4) is 0 Å². The Hall–Kier alpha value is -2.41. The van der Waals surface area contributed by atoms with Crippen molar-refractivity contribution in [2.45, 2.75) is 70.0 Å². The number of amides is 2. The van der Waals surface area contributed by atoms with Gasteiger partial charge in [-0.25, -0.2) is 4.79 Å². The van der Waals surface area contributed by atoms with Gasteiger partial charge in [0.15, 0.2) is 6.04 Å².